The molecule has 0 amide bonds. The highest BCUT2D eigenvalue weighted by Crippen LogP contribution is 2.30. The van der Waals surface area contributed by atoms with Crippen LogP contribution in [0.25, 0.3) is 0 Å². The van der Waals surface area contributed by atoms with Crippen molar-refractivity contribution in [2.24, 2.45) is 5.92 Å². The van der Waals surface area contributed by atoms with Gasteiger partial charge in [-0.2, -0.15) is 0 Å². The van der Waals surface area contributed by atoms with Crippen LogP contribution in [0.4, 0.5) is 5.69 Å². The van der Waals surface area contributed by atoms with Gasteiger partial charge in [0.1, 0.15) is 0 Å². The van der Waals surface area contributed by atoms with Crippen molar-refractivity contribution in [3.05, 3.63) is 29.8 Å². The summed E-state index contributed by atoms with van der Waals surface area (Å²) in [5.41, 5.74) is 2.64. The van der Waals surface area contributed by atoms with E-state index in [-0.39, 0.29) is 5.92 Å². The number of aryl methyl sites for hydroxylation is 1. The van der Waals surface area contributed by atoms with Gasteiger partial charge in [-0.1, -0.05) is 32.0 Å². The van der Waals surface area contributed by atoms with Gasteiger partial charge in [0.05, 0.1) is 6.54 Å². The maximum absolute atomic E-state index is 12.2. The molecule has 98 valence electrons. The molecular formula is C16H23NO. The van der Waals surface area contributed by atoms with Crippen molar-refractivity contribution in [2.45, 2.75) is 46.1 Å². The van der Waals surface area contributed by atoms with Gasteiger partial charge in [0.2, 0.25) is 0 Å². The van der Waals surface area contributed by atoms with Crippen LogP contribution in [0.2, 0.25) is 0 Å². The second-order valence-corrected chi connectivity index (χ2v) is 5.42. The van der Waals surface area contributed by atoms with Crippen LogP contribution in [0, 0.1) is 5.92 Å². The molecule has 2 atom stereocenters. The van der Waals surface area contributed by atoms with Crippen molar-refractivity contribution >= 4 is 11.5 Å². The van der Waals surface area contributed by atoms with E-state index in [0.29, 0.717) is 18.4 Å². The lowest BCUT2D eigenvalue weighted by molar-refractivity contribution is -0.121. The molecule has 0 bridgehead atoms. The van der Waals surface area contributed by atoms with Crippen LogP contribution in [0.3, 0.4) is 0 Å². The fraction of sp³-hybridized carbons (Fsp3) is 0.562. The summed E-state index contributed by atoms with van der Waals surface area (Å²) in [6, 6.07) is 8.95. The van der Waals surface area contributed by atoms with Gasteiger partial charge in [0, 0.05) is 17.6 Å². The fourth-order valence-corrected chi connectivity index (χ4v) is 2.55. The highest BCUT2D eigenvalue weighted by atomic mass is 16.1. The van der Waals surface area contributed by atoms with E-state index in [2.05, 4.69) is 43.0 Å². The Labute approximate surface area is 110 Å². The lowest BCUT2D eigenvalue weighted by Crippen LogP contribution is -2.42. The monoisotopic (exact) mass is 245 g/mol. The molecule has 0 aliphatic carbocycles. The van der Waals surface area contributed by atoms with Crippen molar-refractivity contribution in [1.29, 1.82) is 0 Å². The summed E-state index contributed by atoms with van der Waals surface area (Å²) in [6.45, 7) is 6.89. The van der Waals surface area contributed by atoms with Crippen LogP contribution in [0.5, 0.6) is 0 Å². The first-order chi connectivity index (χ1) is 8.63. The van der Waals surface area contributed by atoms with Crippen LogP contribution in [0.15, 0.2) is 24.3 Å². The molecule has 0 N–H and O–H groups in total. The zero-order valence-corrected chi connectivity index (χ0v) is 11.6. The minimum atomic E-state index is 0.172. The maximum atomic E-state index is 12.2. The number of hydrogen-bond donors (Lipinski definition) is 0. The normalized spacial score (nSPS) is 20.4. The molecule has 0 spiro atoms. The van der Waals surface area contributed by atoms with Crippen molar-refractivity contribution in [1.82, 2.24) is 0 Å². The van der Waals surface area contributed by atoms with E-state index >= 15 is 0 Å². The molecule has 0 fully saturated rings. The van der Waals surface area contributed by atoms with Gasteiger partial charge in [-0.05, 0) is 37.8 Å². The summed E-state index contributed by atoms with van der Waals surface area (Å²) in [7, 11) is 0. The van der Waals surface area contributed by atoms with E-state index in [1.165, 1.54) is 11.3 Å². The van der Waals surface area contributed by atoms with Gasteiger partial charge in [0.25, 0.3) is 0 Å². The van der Waals surface area contributed by atoms with Crippen molar-refractivity contribution in [2.75, 3.05) is 11.4 Å². The number of hydrogen-bond acceptors (Lipinski definition) is 2. The molecule has 2 nitrogen and oxygen atoms in total. The molecule has 0 saturated heterocycles. The molecule has 1 heterocycles. The quantitative estimate of drug-likeness (QED) is 0.810. The molecule has 2 heteroatoms. The predicted molar refractivity (Wildman–Crippen MR) is 76.0 cm³/mol. The summed E-state index contributed by atoms with van der Waals surface area (Å²) in [5, 5.41) is 0. The molecule has 1 aromatic rings. The molecule has 1 aromatic carbocycles. The number of carbonyl (C=O) groups excluding carboxylic acids is 1. The van der Waals surface area contributed by atoms with E-state index in [1.54, 1.807) is 0 Å². The second-order valence-electron chi connectivity index (χ2n) is 5.42. The number of carbonyl (C=O) groups is 1. The first-order valence-electron chi connectivity index (χ1n) is 7.00. The van der Waals surface area contributed by atoms with Crippen molar-refractivity contribution in [3.63, 3.8) is 0 Å². The largest absolute Gasteiger partial charge is 0.361 e. The number of benzene rings is 1. The van der Waals surface area contributed by atoms with Gasteiger partial charge in [-0.3, -0.25) is 4.79 Å². The highest BCUT2D eigenvalue weighted by Gasteiger charge is 2.25. The van der Waals surface area contributed by atoms with Crippen LogP contribution in [-0.2, 0) is 11.2 Å². The number of nitrogens with zero attached hydrogens (tertiary/aromatic N) is 1. The van der Waals surface area contributed by atoms with E-state index in [9.17, 15) is 4.79 Å². The number of fused-ring (bicyclic) bond motifs is 1. The average Bonchev–Trinajstić information content (AvgIpc) is 2.41. The number of anilines is 1. The number of Topliss-reactive ketones (excluding diaryl/α,β-unsaturated/α-hetero) is 1. The van der Waals surface area contributed by atoms with Crippen LogP contribution in [0.1, 0.15) is 39.2 Å². The Morgan fingerprint density at radius 2 is 2.17 bits per heavy atom. The van der Waals surface area contributed by atoms with Crippen molar-refractivity contribution < 1.29 is 4.79 Å². The minimum absolute atomic E-state index is 0.172. The first kappa shape index (κ1) is 13.1. The summed E-state index contributed by atoms with van der Waals surface area (Å²) in [5.74, 6) is 0.535. The van der Waals surface area contributed by atoms with E-state index < -0.39 is 0 Å². The smallest absolute Gasteiger partial charge is 0.154 e. The minimum Gasteiger partial charge on any atom is -0.361 e. The third kappa shape index (κ3) is 2.58. The van der Waals surface area contributed by atoms with Gasteiger partial charge in [-0.15, -0.1) is 0 Å². The Morgan fingerprint density at radius 3 is 2.89 bits per heavy atom. The number of para-hydroxylation sites is 1. The first-order valence-corrected chi connectivity index (χ1v) is 7.00. The average molecular weight is 245 g/mol. The summed E-state index contributed by atoms with van der Waals surface area (Å²) in [6.07, 6.45) is 3.21. The Hall–Kier alpha value is -1.31. The van der Waals surface area contributed by atoms with Crippen LogP contribution >= 0.6 is 0 Å². The zero-order valence-electron chi connectivity index (χ0n) is 11.6. The zero-order chi connectivity index (χ0) is 13.1. The standard InChI is InChI=1S/C16H23NO/c1-4-12(2)16(18)11-17-13(3)9-10-14-7-5-6-8-15(14)17/h5-8,12-13H,4,9-11H2,1-3H3. The molecule has 0 radical (unpaired) electrons. The third-order valence-corrected chi connectivity index (χ3v) is 4.15. The Morgan fingerprint density at radius 1 is 1.44 bits per heavy atom. The van der Waals surface area contributed by atoms with E-state index in [0.717, 1.165) is 19.3 Å². The molecule has 2 rings (SSSR count). The predicted octanol–water partition coefficient (Wildman–Crippen LogP) is 3.44. The maximum Gasteiger partial charge on any atom is 0.154 e. The lowest BCUT2D eigenvalue weighted by Gasteiger charge is -2.37. The Balaban J connectivity index is 2.19. The molecule has 18 heavy (non-hydrogen) atoms. The molecular weight excluding hydrogens is 222 g/mol. The summed E-state index contributed by atoms with van der Waals surface area (Å²) in [4.78, 5) is 14.4. The van der Waals surface area contributed by atoms with Crippen molar-refractivity contribution in [3.8, 4) is 0 Å². The van der Waals surface area contributed by atoms with Gasteiger partial charge in [-0.25, -0.2) is 0 Å². The number of rotatable bonds is 4. The summed E-state index contributed by atoms with van der Waals surface area (Å²) < 4.78 is 0. The number of ketones is 1. The molecule has 0 saturated carbocycles. The SMILES string of the molecule is CCC(C)C(=O)CN1c2ccccc2CCC1C. The van der Waals surface area contributed by atoms with Gasteiger partial charge in [0.15, 0.2) is 5.78 Å². The summed E-state index contributed by atoms with van der Waals surface area (Å²) >= 11 is 0. The molecule has 1 aliphatic heterocycles. The van der Waals surface area contributed by atoms with Crippen LogP contribution < -0.4 is 4.90 Å². The molecule has 0 aromatic heterocycles. The Kier molecular flexibility index (Phi) is 4.05. The van der Waals surface area contributed by atoms with Crippen LogP contribution in [-0.4, -0.2) is 18.4 Å². The molecule has 1 aliphatic rings. The third-order valence-electron chi connectivity index (χ3n) is 4.15. The molecule has 2 unspecified atom stereocenters. The topological polar surface area (TPSA) is 20.3 Å². The Bertz CT molecular complexity index is 427. The van der Waals surface area contributed by atoms with Gasteiger partial charge >= 0.3 is 0 Å². The van der Waals surface area contributed by atoms with E-state index in [1.807, 2.05) is 6.92 Å². The van der Waals surface area contributed by atoms with E-state index in [4.69, 9.17) is 0 Å². The van der Waals surface area contributed by atoms with Gasteiger partial charge < -0.3 is 4.90 Å². The lowest BCUT2D eigenvalue weighted by atomic mass is 9.95. The second kappa shape index (κ2) is 5.55. The fourth-order valence-electron chi connectivity index (χ4n) is 2.55. The highest BCUT2D eigenvalue weighted by molar-refractivity contribution is 5.86.